The third-order valence-electron chi connectivity index (χ3n) is 6.30. The van der Waals surface area contributed by atoms with Crippen LogP contribution in [0.4, 0.5) is 0 Å². The first-order valence-corrected chi connectivity index (χ1v) is 11.9. The molecule has 0 amide bonds. The molecule has 3 N–H and O–H groups in total. The van der Waals surface area contributed by atoms with Crippen LogP contribution in [-0.2, 0) is 16.0 Å². The second-order valence-corrected chi connectivity index (χ2v) is 10.3. The monoisotopic (exact) mass is 456 g/mol. The number of carbonyl (C=O) groups is 2. The zero-order chi connectivity index (χ0) is 23.3. The minimum Gasteiger partial charge on any atom is -0.481 e. The Balaban J connectivity index is 1.64. The van der Waals surface area contributed by atoms with Gasteiger partial charge in [-0.1, -0.05) is 56.4 Å². The molecular formula is C26H32O5S. The van der Waals surface area contributed by atoms with E-state index in [9.17, 15) is 19.8 Å². The number of carboxylic acid groups (broad SMARTS) is 1. The highest BCUT2D eigenvalue weighted by atomic mass is 32.1. The Kier molecular flexibility index (Phi) is 8.04. The molecule has 32 heavy (non-hydrogen) atoms. The molecule has 0 radical (unpaired) electrons. The molecule has 1 aliphatic carbocycles. The Labute approximate surface area is 193 Å². The number of aliphatic carboxylic acids is 1. The molecule has 3 rings (SSSR count). The van der Waals surface area contributed by atoms with Crippen LogP contribution in [0.5, 0.6) is 0 Å². The number of aliphatic hydroxyl groups is 2. The van der Waals surface area contributed by atoms with Crippen molar-refractivity contribution in [2.24, 2.45) is 17.3 Å². The molecule has 4 atom stereocenters. The van der Waals surface area contributed by atoms with Crippen LogP contribution in [0.2, 0.25) is 0 Å². The average molecular weight is 457 g/mol. The SMILES string of the molecule is CC1(C)C(=O)[C@H](C/C=C/CCCC(=O)O)[C@@H](/C=C/C(O)Cc2cc3ccccc3s2)[C@@H]1O. The van der Waals surface area contributed by atoms with Gasteiger partial charge in [-0.2, -0.15) is 0 Å². The molecule has 1 fully saturated rings. The zero-order valence-electron chi connectivity index (χ0n) is 18.6. The summed E-state index contributed by atoms with van der Waals surface area (Å²) in [4.78, 5) is 24.6. The summed E-state index contributed by atoms with van der Waals surface area (Å²) < 4.78 is 1.19. The Morgan fingerprint density at radius 3 is 2.72 bits per heavy atom. The fourth-order valence-corrected chi connectivity index (χ4v) is 5.52. The van der Waals surface area contributed by atoms with Gasteiger partial charge < -0.3 is 15.3 Å². The van der Waals surface area contributed by atoms with Gasteiger partial charge >= 0.3 is 5.97 Å². The van der Waals surface area contributed by atoms with E-state index in [1.807, 2.05) is 24.3 Å². The largest absolute Gasteiger partial charge is 0.481 e. The van der Waals surface area contributed by atoms with E-state index < -0.39 is 23.6 Å². The number of benzene rings is 1. The van der Waals surface area contributed by atoms with Crippen LogP contribution in [0.1, 0.15) is 44.4 Å². The molecule has 172 valence electrons. The van der Waals surface area contributed by atoms with Crippen molar-refractivity contribution in [3.05, 3.63) is 59.5 Å². The number of allylic oxidation sites excluding steroid dienone is 2. The van der Waals surface area contributed by atoms with Gasteiger partial charge in [0.05, 0.1) is 17.6 Å². The fraction of sp³-hybridized carbons (Fsp3) is 0.462. The Bertz CT molecular complexity index is 970. The van der Waals surface area contributed by atoms with Crippen LogP contribution in [0.3, 0.4) is 0 Å². The second kappa shape index (κ2) is 10.6. The number of carbonyl (C=O) groups excluding carboxylic acids is 1. The van der Waals surface area contributed by atoms with Gasteiger partial charge in [0.25, 0.3) is 0 Å². The molecule has 5 nitrogen and oxygen atoms in total. The number of Topliss-reactive ketones (excluding diaryl/α,β-unsaturated/α-hetero) is 1. The van der Waals surface area contributed by atoms with E-state index >= 15 is 0 Å². The van der Waals surface area contributed by atoms with Crippen LogP contribution >= 0.6 is 11.3 Å². The maximum Gasteiger partial charge on any atom is 0.303 e. The molecule has 1 unspecified atom stereocenters. The minimum absolute atomic E-state index is 0.0221. The molecular weight excluding hydrogens is 424 g/mol. The first-order valence-electron chi connectivity index (χ1n) is 11.1. The summed E-state index contributed by atoms with van der Waals surface area (Å²) in [5.41, 5.74) is -0.840. The molecule has 0 bridgehead atoms. The standard InChI is InChI=1S/C26H32O5S/c1-26(2)24(30)20(10-5-3-4-6-12-23(28)29)21(25(26)31)14-13-18(27)16-19-15-17-9-7-8-11-22(17)32-19/h3,5,7-9,11,13-15,18,20-21,25,27,31H,4,6,10,12,16H2,1-2H3,(H,28,29)/b5-3+,14-13+/t18?,20-,21-,25+/m1/s1. The second-order valence-electron chi connectivity index (χ2n) is 9.11. The topological polar surface area (TPSA) is 94.8 Å². The zero-order valence-corrected chi connectivity index (χ0v) is 19.4. The summed E-state index contributed by atoms with van der Waals surface area (Å²) in [6.07, 6.45) is 8.14. The number of unbranched alkanes of at least 4 members (excludes halogenated alkanes) is 1. The molecule has 2 aromatic rings. The fourth-order valence-electron chi connectivity index (χ4n) is 4.40. The molecule has 0 spiro atoms. The van der Waals surface area contributed by atoms with Gasteiger partial charge in [-0.3, -0.25) is 9.59 Å². The number of hydrogen-bond donors (Lipinski definition) is 3. The minimum atomic E-state index is -0.840. The maximum absolute atomic E-state index is 12.9. The smallest absolute Gasteiger partial charge is 0.303 e. The van der Waals surface area contributed by atoms with E-state index in [2.05, 4.69) is 18.2 Å². The third-order valence-corrected chi connectivity index (χ3v) is 7.44. The summed E-state index contributed by atoms with van der Waals surface area (Å²) in [6, 6.07) is 10.2. The van der Waals surface area contributed by atoms with Crippen LogP contribution in [-0.4, -0.2) is 39.3 Å². The summed E-state index contributed by atoms with van der Waals surface area (Å²) >= 11 is 1.66. The van der Waals surface area contributed by atoms with Gasteiger partial charge in [0.15, 0.2) is 0 Å². The van der Waals surface area contributed by atoms with E-state index in [-0.39, 0.29) is 24.0 Å². The van der Waals surface area contributed by atoms with Crippen LogP contribution in [0, 0.1) is 17.3 Å². The number of thiophene rings is 1. The molecule has 6 heteroatoms. The van der Waals surface area contributed by atoms with Gasteiger partial charge in [-0.25, -0.2) is 0 Å². The lowest BCUT2D eigenvalue weighted by molar-refractivity contribution is -0.137. The quantitative estimate of drug-likeness (QED) is 0.354. The van der Waals surface area contributed by atoms with Gasteiger partial charge in [-0.15, -0.1) is 11.3 Å². The van der Waals surface area contributed by atoms with Crippen molar-refractivity contribution in [1.29, 1.82) is 0 Å². The van der Waals surface area contributed by atoms with Crippen molar-refractivity contribution in [1.82, 2.24) is 0 Å². The highest BCUT2D eigenvalue weighted by molar-refractivity contribution is 7.19. The van der Waals surface area contributed by atoms with Gasteiger partial charge in [0, 0.05) is 34.3 Å². The number of carboxylic acids is 1. The summed E-state index contributed by atoms with van der Waals surface area (Å²) in [6.45, 7) is 3.54. The predicted molar refractivity (Wildman–Crippen MR) is 128 cm³/mol. The highest BCUT2D eigenvalue weighted by Crippen LogP contribution is 2.44. The van der Waals surface area contributed by atoms with Crippen LogP contribution in [0.25, 0.3) is 10.1 Å². The van der Waals surface area contributed by atoms with Crippen molar-refractivity contribution < 1.29 is 24.9 Å². The van der Waals surface area contributed by atoms with Crippen molar-refractivity contribution in [2.45, 2.75) is 58.2 Å². The Hall–Kier alpha value is -2.28. The number of ketones is 1. The lowest BCUT2D eigenvalue weighted by atomic mass is 9.86. The van der Waals surface area contributed by atoms with E-state index in [0.717, 1.165) is 10.3 Å². The number of aliphatic hydroxyl groups excluding tert-OH is 2. The van der Waals surface area contributed by atoms with Gasteiger partial charge in [-0.05, 0) is 36.8 Å². The van der Waals surface area contributed by atoms with Crippen molar-refractivity contribution in [3.63, 3.8) is 0 Å². The Morgan fingerprint density at radius 1 is 1.25 bits per heavy atom. The lowest BCUT2D eigenvalue weighted by Crippen LogP contribution is -2.31. The Morgan fingerprint density at radius 2 is 2.00 bits per heavy atom. The van der Waals surface area contributed by atoms with Gasteiger partial charge in [0.1, 0.15) is 5.78 Å². The van der Waals surface area contributed by atoms with Gasteiger partial charge in [0.2, 0.25) is 0 Å². The maximum atomic E-state index is 12.9. The van der Waals surface area contributed by atoms with Crippen LogP contribution < -0.4 is 0 Å². The first kappa shape index (κ1) is 24.4. The van der Waals surface area contributed by atoms with Crippen molar-refractivity contribution in [3.8, 4) is 0 Å². The van der Waals surface area contributed by atoms with E-state index in [0.29, 0.717) is 25.7 Å². The number of hydrogen-bond acceptors (Lipinski definition) is 5. The van der Waals surface area contributed by atoms with Crippen LogP contribution in [0.15, 0.2) is 54.6 Å². The number of rotatable bonds is 10. The molecule has 0 saturated heterocycles. The van der Waals surface area contributed by atoms with E-state index in [4.69, 9.17) is 5.11 Å². The summed E-state index contributed by atoms with van der Waals surface area (Å²) in [5, 5.41) is 31.3. The molecule has 1 saturated carbocycles. The molecule has 1 heterocycles. The van der Waals surface area contributed by atoms with E-state index in [1.54, 1.807) is 37.3 Å². The first-order chi connectivity index (χ1) is 15.2. The summed E-state index contributed by atoms with van der Waals surface area (Å²) in [7, 11) is 0. The molecule has 1 aromatic carbocycles. The molecule has 1 aromatic heterocycles. The predicted octanol–water partition coefficient (Wildman–Crippen LogP) is 4.76. The van der Waals surface area contributed by atoms with Crippen molar-refractivity contribution >= 4 is 33.2 Å². The third kappa shape index (κ3) is 5.74. The molecule has 0 aliphatic heterocycles. The average Bonchev–Trinajstić information content (AvgIpc) is 3.21. The van der Waals surface area contributed by atoms with Crippen molar-refractivity contribution in [2.75, 3.05) is 0 Å². The summed E-state index contributed by atoms with van der Waals surface area (Å²) in [5.74, 6) is -1.51. The lowest BCUT2D eigenvalue weighted by Gasteiger charge is -2.22. The van der Waals surface area contributed by atoms with E-state index in [1.165, 1.54) is 4.70 Å². The number of fused-ring (bicyclic) bond motifs is 1. The highest BCUT2D eigenvalue weighted by Gasteiger charge is 2.52. The molecule has 1 aliphatic rings. The normalized spacial score (nSPS) is 24.1.